The highest BCUT2D eigenvalue weighted by Crippen LogP contribution is 2.23. The number of carbonyl (C=O) groups is 2. The largest absolute Gasteiger partial charge is 0.339 e. The lowest BCUT2D eigenvalue weighted by Gasteiger charge is -2.36. The average Bonchev–Trinajstić information content (AvgIpc) is 3.25. The molecule has 2 saturated heterocycles. The number of nitrogens with one attached hydrogen (secondary N) is 1. The number of rotatable bonds is 5. The van der Waals surface area contributed by atoms with E-state index in [1.54, 1.807) is 0 Å². The van der Waals surface area contributed by atoms with Crippen LogP contribution in [0.2, 0.25) is 0 Å². The van der Waals surface area contributed by atoms with Crippen LogP contribution in [0.3, 0.4) is 0 Å². The summed E-state index contributed by atoms with van der Waals surface area (Å²) in [4.78, 5) is 30.2. The molecule has 2 fully saturated rings. The zero-order valence-corrected chi connectivity index (χ0v) is 17.0. The van der Waals surface area contributed by atoms with Crippen molar-refractivity contribution in [3.05, 3.63) is 71.3 Å². The van der Waals surface area contributed by atoms with Crippen LogP contribution in [0.5, 0.6) is 0 Å². The van der Waals surface area contributed by atoms with Gasteiger partial charge in [-0.2, -0.15) is 0 Å². The van der Waals surface area contributed by atoms with Gasteiger partial charge in [-0.1, -0.05) is 54.6 Å². The molecule has 1 amide bonds. The summed E-state index contributed by atoms with van der Waals surface area (Å²) in [5.41, 5.74) is 3.09. The summed E-state index contributed by atoms with van der Waals surface area (Å²) in [6, 6.07) is 17.9. The molecule has 2 atom stereocenters. The molecule has 0 bridgehead atoms. The van der Waals surface area contributed by atoms with E-state index in [0.29, 0.717) is 13.0 Å². The van der Waals surface area contributed by atoms with Crippen molar-refractivity contribution in [2.75, 3.05) is 32.7 Å². The van der Waals surface area contributed by atoms with E-state index >= 15 is 0 Å². The van der Waals surface area contributed by atoms with Gasteiger partial charge < -0.3 is 10.2 Å². The van der Waals surface area contributed by atoms with E-state index in [1.807, 2.05) is 42.2 Å². The Morgan fingerprint density at radius 2 is 1.66 bits per heavy atom. The molecule has 5 nitrogen and oxygen atoms in total. The normalized spacial score (nSPS) is 22.6. The van der Waals surface area contributed by atoms with Crippen LogP contribution in [0.15, 0.2) is 54.6 Å². The second-order valence-corrected chi connectivity index (χ2v) is 8.16. The first-order valence-electron chi connectivity index (χ1n) is 10.5. The lowest BCUT2D eigenvalue weighted by molar-refractivity contribution is -0.134. The highest BCUT2D eigenvalue weighted by Gasteiger charge is 2.36. The highest BCUT2D eigenvalue weighted by molar-refractivity contribution is 6.00. The number of Topliss-reactive ketones (excluding diaryl/α,β-unsaturated/α-hetero) is 1. The minimum atomic E-state index is -0.242. The molecule has 2 aliphatic heterocycles. The van der Waals surface area contributed by atoms with Gasteiger partial charge in [0.1, 0.15) is 0 Å². The Bertz CT molecular complexity index is 859. The Morgan fingerprint density at radius 1 is 0.966 bits per heavy atom. The van der Waals surface area contributed by atoms with E-state index in [-0.39, 0.29) is 23.7 Å². The molecule has 0 aromatic heterocycles. The molecule has 29 heavy (non-hydrogen) atoms. The van der Waals surface area contributed by atoms with E-state index in [0.717, 1.165) is 43.9 Å². The van der Waals surface area contributed by atoms with Crippen molar-refractivity contribution < 1.29 is 9.59 Å². The van der Waals surface area contributed by atoms with E-state index in [1.165, 1.54) is 5.56 Å². The minimum absolute atomic E-state index is 0.121. The summed E-state index contributed by atoms with van der Waals surface area (Å²) in [7, 11) is 0. The molecule has 0 spiro atoms. The van der Waals surface area contributed by atoms with Crippen LogP contribution in [0.4, 0.5) is 0 Å². The van der Waals surface area contributed by atoms with Crippen molar-refractivity contribution in [3.63, 3.8) is 0 Å². The number of aryl methyl sites for hydroxylation is 1. The summed E-state index contributed by atoms with van der Waals surface area (Å²) in [6.07, 6.45) is 0.593. The fourth-order valence-corrected chi connectivity index (χ4v) is 4.38. The van der Waals surface area contributed by atoms with E-state index in [4.69, 9.17) is 0 Å². The van der Waals surface area contributed by atoms with Crippen molar-refractivity contribution in [3.8, 4) is 0 Å². The number of amides is 1. The van der Waals surface area contributed by atoms with Gasteiger partial charge in [-0.05, 0) is 24.5 Å². The lowest BCUT2D eigenvalue weighted by Crippen LogP contribution is -2.52. The number of hydrogen-bond acceptors (Lipinski definition) is 4. The maximum atomic E-state index is 13.0. The van der Waals surface area contributed by atoms with E-state index in [9.17, 15) is 9.59 Å². The quantitative estimate of drug-likeness (QED) is 0.796. The third kappa shape index (κ3) is 4.57. The average molecular weight is 392 g/mol. The fourth-order valence-electron chi connectivity index (χ4n) is 4.38. The summed E-state index contributed by atoms with van der Waals surface area (Å²) in [5, 5.41) is 3.30. The predicted octanol–water partition coefficient (Wildman–Crippen LogP) is 2.50. The summed E-state index contributed by atoms with van der Waals surface area (Å²) < 4.78 is 0. The molecular weight excluding hydrogens is 362 g/mol. The first-order valence-corrected chi connectivity index (χ1v) is 10.5. The maximum absolute atomic E-state index is 13.0. The lowest BCUT2D eigenvalue weighted by atomic mass is 9.92. The first kappa shape index (κ1) is 19.8. The number of ketones is 1. The standard InChI is InChI=1S/C24H29N3O2/c1-18-7-5-6-10-21(18)23(28)20-15-22(25-16-20)24(29)27-13-11-26(12-14-27)17-19-8-3-2-4-9-19/h2-10,20,22,25H,11-17H2,1H3. The van der Waals surface area contributed by atoms with E-state index in [2.05, 4.69) is 34.5 Å². The molecule has 2 aromatic rings. The zero-order valence-electron chi connectivity index (χ0n) is 17.0. The molecule has 2 heterocycles. The van der Waals surface area contributed by atoms with Gasteiger partial charge in [-0.3, -0.25) is 14.5 Å². The second-order valence-electron chi connectivity index (χ2n) is 8.16. The molecule has 2 aromatic carbocycles. The molecule has 4 rings (SSSR count). The van der Waals surface area contributed by atoms with Gasteiger partial charge in [0.05, 0.1) is 6.04 Å². The van der Waals surface area contributed by atoms with Crippen molar-refractivity contribution in [1.29, 1.82) is 0 Å². The number of piperazine rings is 1. The Balaban J connectivity index is 1.29. The first-order chi connectivity index (χ1) is 14.1. The summed E-state index contributed by atoms with van der Waals surface area (Å²) in [5.74, 6) is 0.174. The van der Waals surface area contributed by atoms with Crippen molar-refractivity contribution in [1.82, 2.24) is 15.1 Å². The molecule has 2 unspecified atom stereocenters. The van der Waals surface area contributed by atoms with Gasteiger partial charge >= 0.3 is 0 Å². The maximum Gasteiger partial charge on any atom is 0.239 e. The molecule has 1 N–H and O–H groups in total. The van der Waals surface area contributed by atoms with Crippen LogP contribution in [-0.2, 0) is 11.3 Å². The van der Waals surface area contributed by atoms with Crippen LogP contribution < -0.4 is 5.32 Å². The summed E-state index contributed by atoms with van der Waals surface area (Å²) in [6.45, 7) is 6.75. The fraction of sp³-hybridized carbons (Fsp3) is 0.417. The third-order valence-corrected chi connectivity index (χ3v) is 6.14. The number of benzene rings is 2. The third-order valence-electron chi connectivity index (χ3n) is 6.14. The topological polar surface area (TPSA) is 52.7 Å². The predicted molar refractivity (Wildman–Crippen MR) is 114 cm³/mol. The van der Waals surface area contributed by atoms with Gasteiger partial charge in [0.25, 0.3) is 0 Å². The van der Waals surface area contributed by atoms with Gasteiger partial charge in [-0.15, -0.1) is 0 Å². The van der Waals surface area contributed by atoms with Crippen molar-refractivity contribution in [2.45, 2.75) is 25.9 Å². The minimum Gasteiger partial charge on any atom is -0.339 e. The molecule has 0 saturated carbocycles. The van der Waals surface area contributed by atoms with Crippen LogP contribution in [0, 0.1) is 12.8 Å². The van der Waals surface area contributed by atoms with Crippen molar-refractivity contribution in [2.24, 2.45) is 5.92 Å². The molecular formula is C24H29N3O2. The summed E-state index contributed by atoms with van der Waals surface area (Å²) >= 11 is 0. The molecule has 0 radical (unpaired) electrons. The molecule has 5 heteroatoms. The Labute approximate surface area is 172 Å². The van der Waals surface area contributed by atoms with Crippen LogP contribution in [0.25, 0.3) is 0 Å². The van der Waals surface area contributed by atoms with Crippen LogP contribution >= 0.6 is 0 Å². The monoisotopic (exact) mass is 391 g/mol. The molecule has 0 aliphatic carbocycles. The number of carbonyl (C=O) groups excluding carboxylic acids is 2. The Morgan fingerprint density at radius 3 is 2.38 bits per heavy atom. The number of hydrogen-bond donors (Lipinski definition) is 1. The van der Waals surface area contributed by atoms with Gasteiger partial charge in [0.2, 0.25) is 5.91 Å². The van der Waals surface area contributed by atoms with Gasteiger partial charge in [0, 0.05) is 50.7 Å². The Hall–Kier alpha value is -2.50. The number of nitrogens with zero attached hydrogens (tertiary/aromatic N) is 2. The molecule has 152 valence electrons. The van der Waals surface area contributed by atoms with Gasteiger partial charge in [0.15, 0.2) is 5.78 Å². The van der Waals surface area contributed by atoms with Crippen LogP contribution in [0.1, 0.15) is 27.9 Å². The highest BCUT2D eigenvalue weighted by atomic mass is 16.2. The van der Waals surface area contributed by atoms with Crippen LogP contribution in [-0.4, -0.2) is 60.3 Å². The molecule has 2 aliphatic rings. The smallest absolute Gasteiger partial charge is 0.239 e. The Kier molecular flexibility index (Phi) is 6.07. The second kappa shape index (κ2) is 8.89. The SMILES string of the molecule is Cc1ccccc1C(=O)C1CNC(C(=O)N2CCN(Cc3ccccc3)CC2)C1. The zero-order chi connectivity index (χ0) is 20.2. The van der Waals surface area contributed by atoms with Gasteiger partial charge in [-0.25, -0.2) is 0 Å². The van der Waals surface area contributed by atoms with Crippen molar-refractivity contribution >= 4 is 11.7 Å². The van der Waals surface area contributed by atoms with E-state index < -0.39 is 0 Å².